The van der Waals surface area contributed by atoms with E-state index in [1.807, 2.05) is 0 Å². The lowest BCUT2D eigenvalue weighted by Crippen LogP contribution is -2.60. The fourth-order valence-corrected chi connectivity index (χ4v) is 2.77. The molecule has 0 spiro atoms. The van der Waals surface area contributed by atoms with E-state index >= 15 is 0 Å². The number of carboxylic acids is 1. The Morgan fingerprint density at radius 3 is 2.17 bits per heavy atom. The molecule has 6 nitrogen and oxygen atoms in total. The maximum absolute atomic E-state index is 12.4. The topological polar surface area (TPSA) is 98.1 Å². The molecule has 2 fully saturated rings. The van der Waals surface area contributed by atoms with E-state index < -0.39 is 48.3 Å². The number of carbonyl (C=O) groups is 2. The standard InChI is InChI=1S/C9H10F3NO5/c10-9(11,12)8(18)13-3-1-2(4(13)7(16)17)5(14)6(3)15/h2-6,14-15H,1H2,(H,16,17). The summed E-state index contributed by atoms with van der Waals surface area (Å²) in [6.45, 7) is 0. The average molecular weight is 269 g/mol. The molecule has 1 saturated heterocycles. The predicted molar refractivity (Wildman–Crippen MR) is 48.2 cm³/mol. The molecule has 9 heteroatoms. The van der Waals surface area contributed by atoms with Crippen LogP contribution in [-0.4, -0.2) is 62.6 Å². The minimum absolute atomic E-state index is 0.129. The summed E-state index contributed by atoms with van der Waals surface area (Å²) in [7, 11) is 0. The molecular weight excluding hydrogens is 259 g/mol. The molecular formula is C9H10F3NO5. The highest BCUT2D eigenvalue weighted by molar-refractivity contribution is 5.88. The maximum atomic E-state index is 12.4. The zero-order valence-corrected chi connectivity index (χ0v) is 8.83. The van der Waals surface area contributed by atoms with Crippen LogP contribution >= 0.6 is 0 Å². The average Bonchev–Trinajstić information content (AvgIpc) is 2.74. The van der Waals surface area contributed by atoms with E-state index in [4.69, 9.17) is 5.11 Å². The van der Waals surface area contributed by atoms with Crippen LogP contribution in [0.1, 0.15) is 6.42 Å². The van der Waals surface area contributed by atoms with Gasteiger partial charge in [0.05, 0.1) is 12.1 Å². The number of rotatable bonds is 1. The first-order valence-corrected chi connectivity index (χ1v) is 5.14. The largest absolute Gasteiger partial charge is 0.480 e. The van der Waals surface area contributed by atoms with Gasteiger partial charge in [-0.25, -0.2) is 4.79 Å². The van der Waals surface area contributed by atoms with Gasteiger partial charge < -0.3 is 20.2 Å². The van der Waals surface area contributed by atoms with Crippen molar-refractivity contribution >= 4 is 11.9 Å². The van der Waals surface area contributed by atoms with Crippen molar-refractivity contribution in [3.63, 3.8) is 0 Å². The summed E-state index contributed by atoms with van der Waals surface area (Å²) < 4.78 is 37.1. The van der Waals surface area contributed by atoms with E-state index in [-0.39, 0.29) is 11.3 Å². The predicted octanol–water partition coefficient (Wildman–Crippen LogP) is -1.05. The Bertz CT molecular complexity index is 398. The molecule has 18 heavy (non-hydrogen) atoms. The molecule has 5 unspecified atom stereocenters. The summed E-state index contributed by atoms with van der Waals surface area (Å²) in [5, 5.41) is 27.8. The van der Waals surface area contributed by atoms with Gasteiger partial charge in [0, 0.05) is 5.92 Å². The smallest absolute Gasteiger partial charge is 0.471 e. The highest BCUT2D eigenvalue weighted by Crippen LogP contribution is 2.44. The summed E-state index contributed by atoms with van der Waals surface area (Å²) in [4.78, 5) is 22.2. The molecule has 0 aromatic rings. The summed E-state index contributed by atoms with van der Waals surface area (Å²) in [5.74, 6) is -4.99. The van der Waals surface area contributed by atoms with E-state index in [1.165, 1.54) is 0 Å². The number of fused-ring (bicyclic) bond motifs is 2. The molecule has 1 aliphatic heterocycles. The third kappa shape index (κ3) is 1.65. The number of hydrogen-bond acceptors (Lipinski definition) is 4. The number of likely N-dealkylation sites (tertiary alicyclic amines) is 1. The van der Waals surface area contributed by atoms with Crippen LogP contribution in [0.4, 0.5) is 13.2 Å². The lowest BCUT2D eigenvalue weighted by molar-refractivity contribution is -0.197. The molecule has 3 N–H and O–H groups in total. The fourth-order valence-electron chi connectivity index (χ4n) is 2.77. The van der Waals surface area contributed by atoms with Crippen LogP contribution in [0.15, 0.2) is 0 Å². The second-order valence-corrected chi connectivity index (χ2v) is 4.44. The van der Waals surface area contributed by atoms with Gasteiger partial charge in [-0.2, -0.15) is 13.2 Å². The van der Waals surface area contributed by atoms with E-state index in [0.29, 0.717) is 0 Å². The number of carbonyl (C=O) groups excluding carboxylic acids is 1. The van der Waals surface area contributed by atoms with Crippen molar-refractivity contribution in [3.05, 3.63) is 0 Å². The lowest BCUT2D eigenvalue weighted by Gasteiger charge is -2.37. The number of carboxylic acid groups (broad SMARTS) is 1. The summed E-state index contributed by atoms with van der Waals surface area (Å²) in [6.07, 6.45) is -8.32. The van der Waals surface area contributed by atoms with Crippen LogP contribution in [-0.2, 0) is 9.59 Å². The van der Waals surface area contributed by atoms with Crippen LogP contribution in [0, 0.1) is 5.92 Å². The van der Waals surface area contributed by atoms with Gasteiger partial charge >= 0.3 is 18.1 Å². The number of aliphatic hydroxyl groups is 2. The maximum Gasteiger partial charge on any atom is 0.471 e. The van der Waals surface area contributed by atoms with Crippen molar-refractivity contribution in [1.29, 1.82) is 0 Å². The molecule has 2 aliphatic rings. The number of piperidine rings is 1. The van der Waals surface area contributed by atoms with Crippen molar-refractivity contribution in [2.24, 2.45) is 5.92 Å². The molecule has 0 aromatic carbocycles. The van der Waals surface area contributed by atoms with E-state index in [2.05, 4.69) is 0 Å². The van der Waals surface area contributed by atoms with Gasteiger partial charge in [0.15, 0.2) is 0 Å². The first-order chi connectivity index (χ1) is 8.16. The molecule has 2 bridgehead atoms. The van der Waals surface area contributed by atoms with Crippen LogP contribution in [0.3, 0.4) is 0 Å². The monoisotopic (exact) mass is 269 g/mol. The number of aliphatic carboxylic acids is 1. The van der Waals surface area contributed by atoms with Crippen LogP contribution in [0.2, 0.25) is 0 Å². The molecule has 2 rings (SSSR count). The zero-order chi connectivity index (χ0) is 13.8. The molecule has 1 amide bonds. The Kier molecular flexibility index (Phi) is 2.78. The highest BCUT2D eigenvalue weighted by atomic mass is 19.4. The van der Waals surface area contributed by atoms with Gasteiger partial charge in [0.1, 0.15) is 12.1 Å². The Hall–Kier alpha value is -1.35. The number of aliphatic hydroxyl groups excluding tert-OH is 2. The van der Waals surface area contributed by atoms with Crippen LogP contribution < -0.4 is 0 Å². The molecule has 0 aromatic heterocycles. The number of alkyl halides is 3. The second kappa shape index (κ2) is 3.82. The summed E-state index contributed by atoms with van der Waals surface area (Å²) in [6, 6.07) is -3.05. The van der Waals surface area contributed by atoms with E-state index in [9.17, 15) is 33.0 Å². The Balaban J connectivity index is 2.35. The molecule has 1 aliphatic carbocycles. The van der Waals surface area contributed by atoms with Crippen molar-refractivity contribution in [2.75, 3.05) is 0 Å². The number of amides is 1. The van der Waals surface area contributed by atoms with Crippen molar-refractivity contribution in [2.45, 2.75) is 36.9 Å². The molecule has 5 atom stereocenters. The van der Waals surface area contributed by atoms with E-state index in [0.717, 1.165) is 0 Å². The van der Waals surface area contributed by atoms with Crippen molar-refractivity contribution in [1.82, 2.24) is 4.90 Å². The normalized spacial score (nSPS) is 39.2. The first-order valence-electron chi connectivity index (χ1n) is 5.14. The van der Waals surface area contributed by atoms with Crippen molar-refractivity contribution < 1.29 is 38.1 Å². The zero-order valence-electron chi connectivity index (χ0n) is 8.83. The fraction of sp³-hybridized carbons (Fsp3) is 0.778. The number of nitrogens with zero attached hydrogens (tertiary/aromatic N) is 1. The van der Waals surface area contributed by atoms with Gasteiger partial charge in [-0.3, -0.25) is 4.79 Å². The van der Waals surface area contributed by atoms with Gasteiger partial charge in [0.2, 0.25) is 0 Å². The Morgan fingerprint density at radius 1 is 1.17 bits per heavy atom. The first kappa shape index (κ1) is 13.1. The third-order valence-electron chi connectivity index (χ3n) is 3.49. The van der Waals surface area contributed by atoms with Gasteiger partial charge in [-0.1, -0.05) is 0 Å². The highest BCUT2D eigenvalue weighted by Gasteiger charge is 2.63. The lowest BCUT2D eigenvalue weighted by atomic mass is 9.94. The third-order valence-corrected chi connectivity index (χ3v) is 3.49. The van der Waals surface area contributed by atoms with Gasteiger partial charge in [-0.15, -0.1) is 0 Å². The van der Waals surface area contributed by atoms with Crippen LogP contribution in [0.5, 0.6) is 0 Å². The van der Waals surface area contributed by atoms with Gasteiger partial charge in [0.25, 0.3) is 0 Å². The summed E-state index contributed by atoms with van der Waals surface area (Å²) >= 11 is 0. The van der Waals surface area contributed by atoms with Crippen LogP contribution in [0.25, 0.3) is 0 Å². The molecule has 1 heterocycles. The number of hydrogen-bond donors (Lipinski definition) is 3. The Labute approximate surface area is 98.6 Å². The van der Waals surface area contributed by atoms with E-state index in [1.54, 1.807) is 0 Å². The molecule has 1 saturated carbocycles. The SMILES string of the molecule is O=C(O)C1C2CC(C(O)C2O)N1C(=O)C(F)(F)F. The van der Waals surface area contributed by atoms with Crippen molar-refractivity contribution in [3.8, 4) is 0 Å². The second-order valence-electron chi connectivity index (χ2n) is 4.44. The molecule has 102 valence electrons. The minimum atomic E-state index is -5.21. The number of halogens is 3. The Morgan fingerprint density at radius 2 is 1.72 bits per heavy atom. The molecule has 0 radical (unpaired) electrons. The quantitative estimate of drug-likeness (QED) is 0.564. The summed E-state index contributed by atoms with van der Waals surface area (Å²) in [5.41, 5.74) is 0. The van der Waals surface area contributed by atoms with Gasteiger partial charge in [-0.05, 0) is 6.42 Å². The minimum Gasteiger partial charge on any atom is -0.480 e.